The highest BCUT2D eigenvalue weighted by molar-refractivity contribution is 7.19. The molecule has 0 aliphatic heterocycles. The molecule has 0 spiro atoms. The molecule has 0 fully saturated rings. The van der Waals surface area contributed by atoms with Crippen LogP contribution < -0.4 is 0 Å². The Kier molecular flexibility index (Phi) is 1.77. The third-order valence-electron chi connectivity index (χ3n) is 4.38. The van der Waals surface area contributed by atoms with E-state index < -0.39 is 0 Å². The maximum atomic E-state index is 2.28. The Labute approximate surface area is 116 Å². The maximum absolute atomic E-state index is 2.28. The van der Waals surface area contributed by atoms with Gasteiger partial charge in [-0.15, -0.1) is 11.3 Å². The number of fused-ring (bicyclic) bond motifs is 7. The van der Waals surface area contributed by atoms with Gasteiger partial charge in [0.1, 0.15) is 0 Å². The molecule has 0 bridgehead atoms. The molecule has 1 heteroatoms. The van der Waals surface area contributed by atoms with Crippen LogP contribution in [-0.4, -0.2) is 0 Å². The van der Waals surface area contributed by atoms with E-state index in [9.17, 15) is 0 Å². The normalized spacial score (nSPS) is 13.9. The first-order valence-corrected chi connectivity index (χ1v) is 7.54. The van der Waals surface area contributed by atoms with Gasteiger partial charge in [-0.3, -0.25) is 0 Å². The molecule has 0 saturated heterocycles. The van der Waals surface area contributed by atoms with Gasteiger partial charge in [0, 0.05) is 9.75 Å². The summed E-state index contributed by atoms with van der Waals surface area (Å²) in [6, 6.07) is 17.7. The van der Waals surface area contributed by atoms with Gasteiger partial charge in [-0.2, -0.15) is 0 Å². The van der Waals surface area contributed by atoms with Crippen LogP contribution in [0.3, 0.4) is 0 Å². The maximum Gasteiger partial charge on any atom is 0.0390 e. The van der Waals surface area contributed by atoms with E-state index in [1.54, 1.807) is 11.1 Å². The van der Waals surface area contributed by atoms with Crippen molar-refractivity contribution in [2.75, 3.05) is 0 Å². The lowest BCUT2D eigenvalue weighted by Crippen LogP contribution is -1.86. The van der Waals surface area contributed by atoms with E-state index in [0.717, 1.165) is 12.8 Å². The SMILES string of the molecule is c1ccc2c(c1)Cc1c-2sc2c1Cc1ccccc1-2. The zero-order valence-electron chi connectivity index (χ0n) is 10.4. The van der Waals surface area contributed by atoms with E-state index in [0.29, 0.717) is 0 Å². The first-order valence-electron chi connectivity index (χ1n) is 6.73. The first-order chi connectivity index (χ1) is 9.42. The molecule has 2 aromatic carbocycles. The van der Waals surface area contributed by atoms with Crippen molar-refractivity contribution in [3.63, 3.8) is 0 Å². The molecule has 1 heterocycles. The minimum absolute atomic E-state index is 1.13. The summed E-state index contributed by atoms with van der Waals surface area (Å²) >= 11 is 2.00. The van der Waals surface area contributed by atoms with Crippen LogP contribution in [0.25, 0.3) is 20.9 Å². The van der Waals surface area contributed by atoms with E-state index in [2.05, 4.69) is 48.5 Å². The molecule has 0 unspecified atom stereocenters. The molecule has 0 saturated carbocycles. The molecular weight excluding hydrogens is 248 g/mol. The summed E-state index contributed by atoms with van der Waals surface area (Å²) in [4.78, 5) is 3.05. The summed E-state index contributed by atoms with van der Waals surface area (Å²) in [5, 5.41) is 0. The van der Waals surface area contributed by atoms with Gasteiger partial charge in [-0.05, 0) is 46.2 Å². The molecule has 2 aliphatic carbocycles. The number of hydrogen-bond acceptors (Lipinski definition) is 1. The molecule has 19 heavy (non-hydrogen) atoms. The van der Waals surface area contributed by atoms with Crippen molar-refractivity contribution in [2.45, 2.75) is 12.8 Å². The number of hydrogen-bond donors (Lipinski definition) is 0. The van der Waals surface area contributed by atoms with Gasteiger partial charge < -0.3 is 0 Å². The Morgan fingerprint density at radius 3 is 1.63 bits per heavy atom. The Morgan fingerprint density at radius 2 is 1.11 bits per heavy atom. The van der Waals surface area contributed by atoms with Crippen LogP contribution in [-0.2, 0) is 12.8 Å². The molecule has 2 aliphatic rings. The van der Waals surface area contributed by atoms with Crippen molar-refractivity contribution < 1.29 is 0 Å². The van der Waals surface area contributed by atoms with Gasteiger partial charge in [0.05, 0.1) is 0 Å². The first kappa shape index (κ1) is 9.99. The van der Waals surface area contributed by atoms with E-state index in [4.69, 9.17) is 0 Å². The Bertz CT molecular complexity index is 755. The molecule has 0 amide bonds. The molecule has 0 radical (unpaired) electrons. The average Bonchev–Trinajstić information content (AvgIpc) is 3.07. The fraction of sp³-hybridized carbons (Fsp3) is 0.111. The summed E-state index contributed by atoms with van der Waals surface area (Å²) in [6.45, 7) is 0. The van der Waals surface area contributed by atoms with Crippen molar-refractivity contribution in [1.82, 2.24) is 0 Å². The van der Waals surface area contributed by atoms with Crippen molar-refractivity contribution in [1.29, 1.82) is 0 Å². The summed E-state index contributed by atoms with van der Waals surface area (Å²) < 4.78 is 0. The largest absolute Gasteiger partial charge is 0.135 e. The second-order valence-corrected chi connectivity index (χ2v) is 6.41. The van der Waals surface area contributed by atoms with Gasteiger partial charge in [0.15, 0.2) is 0 Å². The molecule has 5 rings (SSSR count). The zero-order valence-corrected chi connectivity index (χ0v) is 11.3. The standard InChI is InChI=1S/C18H12S/c1-3-7-13-11(5-1)9-15-16-10-12-6-2-4-8-14(12)18(16)19-17(13)15/h1-8H,9-10H2. The highest BCUT2D eigenvalue weighted by Gasteiger charge is 2.30. The molecule has 3 aromatic rings. The van der Waals surface area contributed by atoms with Crippen LogP contribution in [0, 0.1) is 0 Å². The minimum atomic E-state index is 1.13. The van der Waals surface area contributed by atoms with Crippen molar-refractivity contribution in [3.8, 4) is 20.9 Å². The molecule has 0 N–H and O–H groups in total. The van der Waals surface area contributed by atoms with Gasteiger partial charge >= 0.3 is 0 Å². The van der Waals surface area contributed by atoms with Crippen molar-refractivity contribution >= 4 is 11.3 Å². The van der Waals surface area contributed by atoms with Gasteiger partial charge in [0.2, 0.25) is 0 Å². The van der Waals surface area contributed by atoms with E-state index in [1.807, 2.05) is 11.3 Å². The monoisotopic (exact) mass is 260 g/mol. The van der Waals surface area contributed by atoms with Crippen LogP contribution in [0.1, 0.15) is 22.3 Å². The minimum Gasteiger partial charge on any atom is -0.135 e. The van der Waals surface area contributed by atoms with Crippen LogP contribution in [0.15, 0.2) is 48.5 Å². The van der Waals surface area contributed by atoms with E-state index in [-0.39, 0.29) is 0 Å². The lowest BCUT2D eigenvalue weighted by molar-refractivity contribution is 1.17. The third-order valence-corrected chi connectivity index (χ3v) is 5.72. The Morgan fingerprint density at radius 1 is 0.632 bits per heavy atom. The lowest BCUT2D eigenvalue weighted by Gasteiger charge is -1.99. The highest BCUT2D eigenvalue weighted by Crippen LogP contribution is 2.52. The van der Waals surface area contributed by atoms with Crippen LogP contribution in [0.5, 0.6) is 0 Å². The lowest BCUT2D eigenvalue weighted by atomic mass is 10.1. The Balaban J connectivity index is 1.79. The molecule has 1 aromatic heterocycles. The fourth-order valence-electron chi connectivity index (χ4n) is 3.48. The summed E-state index contributed by atoms with van der Waals surface area (Å²) in [5.41, 5.74) is 9.13. The number of thiophene rings is 1. The summed E-state index contributed by atoms with van der Waals surface area (Å²) in [7, 11) is 0. The second-order valence-electron chi connectivity index (χ2n) is 5.39. The van der Waals surface area contributed by atoms with Gasteiger partial charge in [0.25, 0.3) is 0 Å². The smallest absolute Gasteiger partial charge is 0.0390 e. The van der Waals surface area contributed by atoms with Crippen LogP contribution >= 0.6 is 11.3 Å². The van der Waals surface area contributed by atoms with E-state index in [1.165, 1.54) is 32.0 Å². The predicted molar refractivity (Wildman–Crippen MR) is 80.8 cm³/mol. The van der Waals surface area contributed by atoms with Crippen LogP contribution in [0.2, 0.25) is 0 Å². The molecular formula is C18H12S. The Hall–Kier alpha value is -1.86. The average molecular weight is 260 g/mol. The number of benzene rings is 2. The highest BCUT2D eigenvalue weighted by atomic mass is 32.1. The molecule has 90 valence electrons. The van der Waals surface area contributed by atoms with Crippen LogP contribution in [0.4, 0.5) is 0 Å². The zero-order chi connectivity index (χ0) is 12.4. The molecule has 0 nitrogen and oxygen atoms in total. The van der Waals surface area contributed by atoms with Gasteiger partial charge in [-0.1, -0.05) is 48.5 Å². The number of rotatable bonds is 0. The van der Waals surface area contributed by atoms with Crippen molar-refractivity contribution in [3.05, 3.63) is 70.8 Å². The summed E-state index contributed by atoms with van der Waals surface area (Å²) in [5.74, 6) is 0. The quantitative estimate of drug-likeness (QED) is 0.372. The fourth-order valence-corrected chi connectivity index (χ4v) is 4.94. The third kappa shape index (κ3) is 1.19. The topological polar surface area (TPSA) is 0 Å². The summed E-state index contributed by atoms with van der Waals surface area (Å²) in [6.07, 6.45) is 2.26. The van der Waals surface area contributed by atoms with E-state index >= 15 is 0 Å². The second kappa shape index (κ2) is 3.37. The van der Waals surface area contributed by atoms with Crippen molar-refractivity contribution in [2.24, 2.45) is 0 Å². The molecule has 0 atom stereocenters. The van der Waals surface area contributed by atoms with Gasteiger partial charge in [-0.25, -0.2) is 0 Å². The predicted octanol–water partition coefficient (Wildman–Crippen LogP) is 4.89.